The Balaban J connectivity index is 2.51. The van der Waals surface area contributed by atoms with Crippen LogP contribution >= 0.6 is 0 Å². The number of β-amino-alcohol motifs (C(OH)–C–C–N with tert-alkyl or cyclic N) is 1. The van der Waals surface area contributed by atoms with Crippen LogP contribution in [-0.2, 0) is 4.74 Å². The smallest absolute Gasteiger partial charge is 0.420 e. The Morgan fingerprint density at radius 2 is 1.75 bits per heavy atom. The van der Waals surface area contributed by atoms with E-state index in [1.807, 2.05) is 0 Å². The van der Waals surface area contributed by atoms with Crippen LogP contribution in [0.25, 0.3) is 0 Å². The minimum Gasteiger partial charge on any atom is -0.444 e. The number of carbonyl (C=O) groups is 1. The molecule has 1 heterocycles. The highest BCUT2D eigenvalue weighted by Crippen LogP contribution is 2.38. The van der Waals surface area contributed by atoms with E-state index in [1.165, 1.54) is 0 Å². The third kappa shape index (κ3) is 2.58. The number of halogens is 3. The maximum Gasteiger partial charge on any atom is 0.420 e. The molecule has 1 aliphatic heterocycles. The van der Waals surface area contributed by atoms with Gasteiger partial charge in [-0.25, -0.2) is 4.79 Å². The van der Waals surface area contributed by atoms with Gasteiger partial charge < -0.3 is 14.7 Å². The van der Waals surface area contributed by atoms with Gasteiger partial charge in [0.25, 0.3) is 0 Å². The van der Waals surface area contributed by atoms with Crippen LogP contribution in [0.2, 0.25) is 0 Å². The Hall–Kier alpha value is -0.980. The predicted octanol–water partition coefficient (Wildman–Crippen LogP) is 1.53. The molecule has 4 nitrogen and oxygen atoms in total. The van der Waals surface area contributed by atoms with Crippen LogP contribution in [-0.4, -0.2) is 46.6 Å². The van der Waals surface area contributed by atoms with Crippen molar-refractivity contribution in [3.8, 4) is 0 Å². The van der Waals surface area contributed by atoms with Gasteiger partial charge >= 0.3 is 12.3 Å². The molecule has 0 spiro atoms. The highest BCUT2D eigenvalue weighted by molar-refractivity contribution is 5.69. The summed E-state index contributed by atoms with van der Waals surface area (Å²) in [5, 5.41) is 9.09. The molecule has 0 aromatic carbocycles. The molecule has 0 bridgehead atoms. The number of amides is 1. The van der Waals surface area contributed by atoms with E-state index in [-0.39, 0.29) is 0 Å². The molecule has 0 unspecified atom stereocenters. The normalized spacial score (nSPS) is 20.3. The standard InChI is InChI=1S/C9H14F3NO3/c1-7(2,3)16-6(14)13-4-8(15,5-13)9(10,11)12/h15H,4-5H2,1-3H3. The number of alkyl halides is 3. The van der Waals surface area contributed by atoms with E-state index in [1.54, 1.807) is 20.8 Å². The van der Waals surface area contributed by atoms with Crippen LogP contribution in [0.4, 0.5) is 18.0 Å². The quantitative estimate of drug-likeness (QED) is 0.699. The van der Waals surface area contributed by atoms with Gasteiger partial charge in [-0.2, -0.15) is 13.2 Å². The molecule has 1 rings (SSSR count). The van der Waals surface area contributed by atoms with Gasteiger partial charge in [-0.05, 0) is 20.8 Å². The molecule has 0 aromatic heterocycles. The fraction of sp³-hybridized carbons (Fsp3) is 0.889. The predicted molar refractivity (Wildman–Crippen MR) is 48.8 cm³/mol. The van der Waals surface area contributed by atoms with Crippen molar-refractivity contribution in [2.45, 2.75) is 38.1 Å². The molecule has 0 atom stereocenters. The second-order valence-corrected chi connectivity index (χ2v) is 4.87. The summed E-state index contributed by atoms with van der Waals surface area (Å²) < 4.78 is 41.5. The van der Waals surface area contributed by atoms with Crippen LogP contribution in [0, 0.1) is 0 Å². The summed E-state index contributed by atoms with van der Waals surface area (Å²) in [6.07, 6.45) is -5.56. The number of nitrogens with zero attached hydrogens (tertiary/aromatic N) is 1. The summed E-state index contributed by atoms with van der Waals surface area (Å²) in [5.74, 6) is 0. The molecule has 16 heavy (non-hydrogen) atoms. The van der Waals surface area contributed by atoms with Crippen molar-refractivity contribution in [2.24, 2.45) is 0 Å². The van der Waals surface area contributed by atoms with Crippen molar-refractivity contribution < 1.29 is 27.8 Å². The lowest BCUT2D eigenvalue weighted by Crippen LogP contribution is -2.70. The van der Waals surface area contributed by atoms with Crippen LogP contribution in [0.1, 0.15) is 20.8 Å². The van der Waals surface area contributed by atoms with E-state index < -0.39 is 36.6 Å². The number of carbonyl (C=O) groups excluding carboxylic acids is 1. The molecule has 0 saturated carbocycles. The van der Waals surface area contributed by atoms with E-state index in [9.17, 15) is 18.0 Å². The van der Waals surface area contributed by atoms with Crippen molar-refractivity contribution >= 4 is 6.09 Å². The highest BCUT2D eigenvalue weighted by atomic mass is 19.4. The Kier molecular flexibility index (Phi) is 2.87. The van der Waals surface area contributed by atoms with Gasteiger partial charge in [0.2, 0.25) is 0 Å². The summed E-state index contributed by atoms with van der Waals surface area (Å²) in [4.78, 5) is 12.1. The maximum absolute atomic E-state index is 12.2. The average Bonchev–Trinajstić information content (AvgIpc) is 1.92. The summed E-state index contributed by atoms with van der Waals surface area (Å²) in [6.45, 7) is 3.29. The zero-order valence-corrected chi connectivity index (χ0v) is 9.26. The van der Waals surface area contributed by atoms with Crippen molar-refractivity contribution in [3.63, 3.8) is 0 Å². The molecule has 1 saturated heterocycles. The topological polar surface area (TPSA) is 49.8 Å². The van der Waals surface area contributed by atoms with E-state index in [0.717, 1.165) is 4.90 Å². The zero-order chi connectivity index (χ0) is 12.8. The highest BCUT2D eigenvalue weighted by Gasteiger charge is 2.62. The number of aliphatic hydroxyl groups is 1. The minimum atomic E-state index is -4.72. The van der Waals surface area contributed by atoms with Gasteiger partial charge in [-0.1, -0.05) is 0 Å². The van der Waals surface area contributed by atoms with E-state index in [4.69, 9.17) is 9.84 Å². The Bertz CT molecular complexity index is 289. The van der Waals surface area contributed by atoms with Crippen LogP contribution in [0.15, 0.2) is 0 Å². The Morgan fingerprint density at radius 1 is 1.31 bits per heavy atom. The first-order valence-electron chi connectivity index (χ1n) is 4.72. The first-order valence-corrected chi connectivity index (χ1v) is 4.72. The van der Waals surface area contributed by atoms with Crippen LogP contribution < -0.4 is 0 Å². The van der Waals surface area contributed by atoms with E-state index in [2.05, 4.69) is 0 Å². The van der Waals surface area contributed by atoms with Gasteiger partial charge in [-0.3, -0.25) is 0 Å². The Morgan fingerprint density at radius 3 is 2.06 bits per heavy atom. The summed E-state index contributed by atoms with van der Waals surface area (Å²) in [6, 6.07) is 0. The van der Waals surface area contributed by atoms with Gasteiger partial charge in [0.15, 0.2) is 5.60 Å². The molecule has 7 heteroatoms. The largest absolute Gasteiger partial charge is 0.444 e. The number of hydrogen-bond donors (Lipinski definition) is 1. The minimum absolute atomic E-state index is 0.761. The molecule has 1 N–H and O–H groups in total. The van der Waals surface area contributed by atoms with E-state index in [0.29, 0.717) is 0 Å². The molecule has 0 radical (unpaired) electrons. The van der Waals surface area contributed by atoms with Gasteiger partial charge in [-0.15, -0.1) is 0 Å². The SMILES string of the molecule is CC(C)(C)OC(=O)N1CC(O)(C(F)(F)F)C1. The third-order valence-electron chi connectivity index (χ3n) is 2.08. The van der Waals surface area contributed by atoms with Gasteiger partial charge in [0, 0.05) is 0 Å². The lowest BCUT2D eigenvalue weighted by atomic mass is 9.94. The number of likely N-dealkylation sites (tertiary alicyclic amines) is 1. The van der Waals surface area contributed by atoms with Gasteiger partial charge in [0.1, 0.15) is 5.60 Å². The third-order valence-corrected chi connectivity index (χ3v) is 2.08. The summed E-state index contributed by atoms with van der Waals surface area (Å²) in [7, 11) is 0. The van der Waals surface area contributed by atoms with Crippen LogP contribution in [0.3, 0.4) is 0 Å². The van der Waals surface area contributed by atoms with Crippen molar-refractivity contribution in [2.75, 3.05) is 13.1 Å². The first kappa shape index (κ1) is 13.1. The number of rotatable bonds is 0. The molecule has 1 aliphatic rings. The lowest BCUT2D eigenvalue weighted by molar-refractivity contribution is -0.296. The Labute approximate surface area is 91.0 Å². The maximum atomic E-state index is 12.2. The lowest BCUT2D eigenvalue weighted by Gasteiger charge is -2.46. The molecule has 94 valence electrons. The second-order valence-electron chi connectivity index (χ2n) is 4.87. The van der Waals surface area contributed by atoms with Crippen molar-refractivity contribution in [1.29, 1.82) is 0 Å². The van der Waals surface area contributed by atoms with Crippen LogP contribution in [0.5, 0.6) is 0 Å². The van der Waals surface area contributed by atoms with Crippen molar-refractivity contribution in [1.82, 2.24) is 4.90 Å². The number of hydrogen-bond acceptors (Lipinski definition) is 3. The molecule has 1 amide bonds. The van der Waals surface area contributed by atoms with Gasteiger partial charge in [0.05, 0.1) is 13.1 Å². The first-order chi connectivity index (χ1) is 6.95. The monoisotopic (exact) mass is 241 g/mol. The molecule has 1 fully saturated rings. The average molecular weight is 241 g/mol. The number of ether oxygens (including phenoxy) is 1. The van der Waals surface area contributed by atoms with E-state index >= 15 is 0 Å². The molecular weight excluding hydrogens is 227 g/mol. The summed E-state index contributed by atoms with van der Waals surface area (Å²) >= 11 is 0. The van der Waals surface area contributed by atoms with Crippen molar-refractivity contribution in [3.05, 3.63) is 0 Å². The fourth-order valence-electron chi connectivity index (χ4n) is 1.22. The zero-order valence-electron chi connectivity index (χ0n) is 9.26. The molecular formula is C9H14F3NO3. The molecule has 0 aromatic rings. The second kappa shape index (κ2) is 3.51. The fourth-order valence-corrected chi connectivity index (χ4v) is 1.22. The molecule has 0 aliphatic carbocycles. The summed E-state index contributed by atoms with van der Waals surface area (Å²) in [5.41, 5.74) is -3.55.